The molecule has 0 bridgehead atoms. The maximum atomic E-state index is 10.6. The summed E-state index contributed by atoms with van der Waals surface area (Å²) < 4.78 is 13.0. The number of rotatable bonds is 5. The van der Waals surface area contributed by atoms with E-state index in [0.717, 1.165) is 74.4 Å². The molecule has 1 heterocycles. The van der Waals surface area contributed by atoms with Crippen molar-refractivity contribution in [1.82, 2.24) is 0 Å². The standard InChI is InChI=1S/C29H50O3/c1-19(2)7-6-8-20(3)23-9-10-24-22-18-29(31-15-16-32-29)26-17-21(30)11-13-28(26,5)25(22)12-14-27(23,24)4/h19-26,30H,6-18H2,1-5H3/t20-,21+,22+,23-,24+,25+,26+,27-,28-/m1/s1. The van der Waals surface area contributed by atoms with Gasteiger partial charge in [-0.15, -0.1) is 0 Å². The minimum atomic E-state index is -0.420. The number of hydrogen-bond acceptors (Lipinski definition) is 3. The summed E-state index contributed by atoms with van der Waals surface area (Å²) in [6, 6.07) is 0. The molecule has 0 unspecified atom stereocenters. The van der Waals surface area contributed by atoms with Crippen LogP contribution in [-0.4, -0.2) is 30.2 Å². The second kappa shape index (κ2) is 8.52. The van der Waals surface area contributed by atoms with Crippen molar-refractivity contribution >= 4 is 0 Å². The van der Waals surface area contributed by atoms with Crippen LogP contribution in [0.5, 0.6) is 0 Å². The Hall–Kier alpha value is -0.120. The topological polar surface area (TPSA) is 38.7 Å². The first-order chi connectivity index (χ1) is 15.2. The lowest BCUT2D eigenvalue weighted by Gasteiger charge is -2.65. The highest BCUT2D eigenvalue weighted by molar-refractivity contribution is 5.14. The van der Waals surface area contributed by atoms with E-state index < -0.39 is 5.79 Å². The van der Waals surface area contributed by atoms with Crippen molar-refractivity contribution < 1.29 is 14.6 Å². The predicted molar refractivity (Wildman–Crippen MR) is 129 cm³/mol. The van der Waals surface area contributed by atoms with Gasteiger partial charge in [0.2, 0.25) is 0 Å². The lowest BCUT2D eigenvalue weighted by molar-refractivity contribution is -0.298. The molecule has 5 rings (SSSR count). The van der Waals surface area contributed by atoms with E-state index >= 15 is 0 Å². The van der Waals surface area contributed by atoms with Gasteiger partial charge in [-0.05, 0) is 91.3 Å². The average Bonchev–Trinajstić information content (AvgIpc) is 3.34. The van der Waals surface area contributed by atoms with Crippen LogP contribution in [0, 0.1) is 52.3 Å². The van der Waals surface area contributed by atoms with Crippen LogP contribution < -0.4 is 0 Å². The molecule has 1 spiro atoms. The first kappa shape index (κ1) is 23.6. The molecule has 0 radical (unpaired) electrons. The number of aliphatic hydroxyl groups is 1. The monoisotopic (exact) mass is 446 g/mol. The van der Waals surface area contributed by atoms with E-state index in [9.17, 15) is 5.11 Å². The first-order valence-electron chi connectivity index (χ1n) is 14.2. The molecule has 32 heavy (non-hydrogen) atoms. The van der Waals surface area contributed by atoms with E-state index in [-0.39, 0.29) is 11.5 Å². The van der Waals surface area contributed by atoms with Gasteiger partial charge in [-0.3, -0.25) is 0 Å². The minimum Gasteiger partial charge on any atom is -0.393 e. The third-order valence-corrected chi connectivity index (χ3v) is 11.6. The van der Waals surface area contributed by atoms with Gasteiger partial charge in [0.15, 0.2) is 5.79 Å². The Morgan fingerprint density at radius 2 is 1.56 bits per heavy atom. The van der Waals surface area contributed by atoms with E-state index in [0.29, 0.717) is 11.3 Å². The largest absolute Gasteiger partial charge is 0.393 e. The van der Waals surface area contributed by atoms with Crippen LogP contribution in [0.3, 0.4) is 0 Å². The molecule has 1 aliphatic heterocycles. The normalized spacial score (nSPS) is 48.5. The molecule has 3 nitrogen and oxygen atoms in total. The molecule has 0 aromatic carbocycles. The highest BCUT2D eigenvalue weighted by atomic mass is 16.7. The molecular weight excluding hydrogens is 396 g/mol. The van der Waals surface area contributed by atoms with E-state index in [1.807, 2.05) is 0 Å². The Kier molecular flexibility index (Phi) is 6.29. The van der Waals surface area contributed by atoms with Crippen molar-refractivity contribution in [3.05, 3.63) is 0 Å². The number of hydrogen-bond donors (Lipinski definition) is 1. The average molecular weight is 447 g/mol. The Balaban J connectivity index is 1.39. The number of fused-ring (bicyclic) bond motifs is 6. The maximum absolute atomic E-state index is 10.6. The number of ether oxygens (including phenoxy) is 2. The van der Waals surface area contributed by atoms with Gasteiger partial charge in [0.05, 0.1) is 19.3 Å². The van der Waals surface area contributed by atoms with Gasteiger partial charge in [0.25, 0.3) is 0 Å². The smallest absolute Gasteiger partial charge is 0.172 e. The van der Waals surface area contributed by atoms with Crippen molar-refractivity contribution in [2.24, 2.45) is 52.3 Å². The fourth-order valence-corrected chi connectivity index (χ4v) is 10.1. The zero-order chi connectivity index (χ0) is 22.7. The molecule has 5 aliphatic rings. The fourth-order valence-electron chi connectivity index (χ4n) is 10.1. The lowest BCUT2D eigenvalue weighted by atomic mass is 9.43. The SMILES string of the molecule is CC(C)CCC[C@@H](C)[C@H]1CC[C@H]2[C@@H]3CC4(OCCO4)[C@H]4C[C@@H](O)CC[C@]4(C)[C@H]3CC[C@]12C. The highest BCUT2D eigenvalue weighted by Gasteiger charge is 2.67. The molecule has 4 saturated carbocycles. The van der Waals surface area contributed by atoms with Crippen molar-refractivity contribution in [2.75, 3.05) is 13.2 Å². The van der Waals surface area contributed by atoms with Crippen LogP contribution in [0.2, 0.25) is 0 Å². The molecule has 1 saturated heterocycles. The molecule has 9 atom stereocenters. The molecule has 0 aromatic rings. The van der Waals surface area contributed by atoms with Crippen molar-refractivity contribution in [1.29, 1.82) is 0 Å². The zero-order valence-electron chi connectivity index (χ0n) is 21.6. The third-order valence-electron chi connectivity index (χ3n) is 11.6. The van der Waals surface area contributed by atoms with Gasteiger partial charge in [0.1, 0.15) is 0 Å². The van der Waals surface area contributed by atoms with Crippen molar-refractivity contribution in [3.63, 3.8) is 0 Å². The first-order valence-corrected chi connectivity index (χ1v) is 14.2. The summed E-state index contributed by atoms with van der Waals surface area (Å²) in [6.07, 6.45) is 13.7. The molecule has 4 aliphatic carbocycles. The molecule has 1 N–H and O–H groups in total. The quantitative estimate of drug-likeness (QED) is 0.503. The second-order valence-corrected chi connectivity index (χ2v) is 13.6. The van der Waals surface area contributed by atoms with Gasteiger partial charge in [-0.25, -0.2) is 0 Å². The summed E-state index contributed by atoms with van der Waals surface area (Å²) in [6.45, 7) is 14.0. The van der Waals surface area contributed by atoms with E-state index in [2.05, 4.69) is 34.6 Å². The third kappa shape index (κ3) is 3.63. The van der Waals surface area contributed by atoms with Crippen LogP contribution in [0.15, 0.2) is 0 Å². The van der Waals surface area contributed by atoms with Gasteiger partial charge in [0, 0.05) is 12.3 Å². The molecule has 0 aromatic heterocycles. The maximum Gasteiger partial charge on any atom is 0.172 e. The summed E-state index contributed by atoms with van der Waals surface area (Å²) >= 11 is 0. The van der Waals surface area contributed by atoms with Gasteiger partial charge < -0.3 is 14.6 Å². The van der Waals surface area contributed by atoms with Gasteiger partial charge >= 0.3 is 0 Å². The van der Waals surface area contributed by atoms with E-state index in [4.69, 9.17) is 9.47 Å². The molecule has 3 heteroatoms. The Labute approximate surface area is 197 Å². The summed E-state index contributed by atoms with van der Waals surface area (Å²) in [5.74, 6) is 4.86. The van der Waals surface area contributed by atoms with E-state index in [1.54, 1.807) is 0 Å². The minimum absolute atomic E-state index is 0.175. The Bertz CT molecular complexity index is 669. The van der Waals surface area contributed by atoms with Crippen LogP contribution in [0.4, 0.5) is 0 Å². The van der Waals surface area contributed by atoms with Crippen LogP contribution in [-0.2, 0) is 9.47 Å². The van der Waals surface area contributed by atoms with Crippen LogP contribution in [0.1, 0.15) is 105 Å². The summed E-state index contributed by atoms with van der Waals surface area (Å²) in [7, 11) is 0. The Morgan fingerprint density at radius 3 is 2.28 bits per heavy atom. The summed E-state index contributed by atoms with van der Waals surface area (Å²) in [5, 5.41) is 10.6. The zero-order valence-corrected chi connectivity index (χ0v) is 21.6. The van der Waals surface area contributed by atoms with Crippen LogP contribution >= 0.6 is 0 Å². The van der Waals surface area contributed by atoms with Crippen LogP contribution in [0.25, 0.3) is 0 Å². The van der Waals surface area contributed by atoms with E-state index in [1.165, 1.54) is 44.9 Å². The molecule has 5 fully saturated rings. The summed E-state index contributed by atoms with van der Waals surface area (Å²) in [5.41, 5.74) is 0.754. The van der Waals surface area contributed by atoms with Gasteiger partial charge in [-0.2, -0.15) is 0 Å². The fraction of sp³-hybridized carbons (Fsp3) is 1.00. The lowest BCUT2D eigenvalue weighted by Crippen LogP contribution is -2.63. The summed E-state index contributed by atoms with van der Waals surface area (Å²) in [4.78, 5) is 0. The Morgan fingerprint density at radius 1 is 0.875 bits per heavy atom. The molecule has 184 valence electrons. The number of aliphatic hydroxyl groups excluding tert-OH is 1. The molecular formula is C29H50O3. The molecule has 0 amide bonds. The highest BCUT2D eigenvalue weighted by Crippen LogP contribution is 2.70. The van der Waals surface area contributed by atoms with Crippen molar-refractivity contribution in [2.45, 2.75) is 117 Å². The van der Waals surface area contributed by atoms with Crippen molar-refractivity contribution in [3.8, 4) is 0 Å². The predicted octanol–water partition coefficient (Wildman–Crippen LogP) is 6.82. The second-order valence-electron chi connectivity index (χ2n) is 13.6. The van der Waals surface area contributed by atoms with Gasteiger partial charge in [-0.1, -0.05) is 53.9 Å².